The Labute approximate surface area is 126 Å². The summed E-state index contributed by atoms with van der Waals surface area (Å²) in [5.74, 6) is 0. The molecule has 0 radical (unpaired) electrons. The van der Waals surface area contributed by atoms with Crippen LogP contribution in [-0.4, -0.2) is 35.0 Å². The van der Waals surface area contributed by atoms with E-state index in [-0.39, 0.29) is 5.69 Å². The Kier molecular flexibility index (Phi) is 5.26. The summed E-state index contributed by atoms with van der Waals surface area (Å²) in [7, 11) is 1.64. The molecule has 1 aromatic carbocycles. The molecule has 0 unspecified atom stereocenters. The quantitative estimate of drug-likeness (QED) is 0.481. The van der Waals surface area contributed by atoms with Gasteiger partial charge in [0.1, 0.15) is 0 Å². The second kappa shape index (κ2) is 7.16. The first-order chi connectivity index (χ1) is 10.1. The predicted molar refractivity (Wildman–Crippen MR) is 78.8 cm³/mol. The van der Waals surface area contributed by atoms with Crippen LogP contribution in [-0.2, 0) is 11.3 Å². The van der Waals surface area contributed by atoms with Gasteiger partial charge in [0.05, 0.1) is 27.9 Å². The lowest BCUT2D eigenvalue weighted by Crippen LogP contribution is -2.18. The van der Waals surface area contributed by atoms with Crippen molar-refractivity contribution in [2.75, 3.05) is 20.3 Å². The fourth-order valence-corrected chi connectivity index (χ4v) is 1.98. The van der Waals surface area contributed by atoms with Crippen LogP contribution in [0.15, 0.2) is 30.5 Å². The standard InChI is InChI=1S/C13H15ClN4O3/c1-21-7-5-15-9-10-4-6-17(16-10)13-8-11(18(19)20)2-3-12(13)14/h2-4,6,8,15H,5,7,9H2,1H3. The molecule has 0 spiro atoms. The third-order valence-corrected chi connectivity index (χ3v) is 3.14. The van der Waals surface area contributed by atoms with Gasteiger partial charge in [0.25, 0.3) is 5.69 Å². The van der Waals surface area contributed by atoms with Gasteiger partial charge in [-0.05, 0) is 12.1 Å². The topological polar surface area (TPSA) is 82.2 Å². The van der Waals surface area contributed by atoms with Crippen molar-refractivity contribution in [2.24, 2.45) is 0 Å². The van der Waals surface area contributed by atoms with E-state index < -0.39 is 4.92 Å². The van der Waals surface area contributed by atoms with Gasteiger partial charge < -0.3 is 10.1 Å². The normalized spacial score (nSPS) is 10.8. The number of nitrogens with zero attached hydrogens (tertiary/aromatic N) is 3. The van der Waals surface area contributed by atoms with Crippen LogP contribution in [0.3, 0.4) is 0 Å². The number of nitro benzene ring substituents is 1. The average molecular weight is 311 g/mol. The Morgan fingerprint density at radius 1 is 1.48 bits per heavy atom. The Hall–Kier alpha value is -1.96. The number of rotatable bonds is 7. The molecule has 0 saturated heterocycles. The number of non-ortho nitro benzene ring substituents is 1. The van der Waals surface area contributed by atoms with E-state index in [9.17, 15) is 10.1 Å². The van der Waals surface area contributed by atoms with Crippen LogP contribution in [0.2, 0.25) is 5.02 Å². The maximum Gasteiger partial charge on any atom is 0.271 e. The number of benzene rings is 1. The van der Waals surface area contributed by atoms with Crippen molar-refractivity contribution in [1.29, 1.82) is 0 Å². The molecular weight excluding hydrogens is 296 g/mol. The van der Waals surface area contributed by atoms with Gasteiger partial charge in [-0.3, -0.25) is 10.1 Å². The van der Waals surface area contributed by atoms with Crippen molar-refractivity contribution in [3.63, 3.8) is 0 Å². The van der Waals surface area contributed by atoms with E-state index in [1.54, 1.807) is 13.3 Å². The largest absolute Gasteiger partial charge is 0.383 e. The molecule has 0 aliphatic carbocycles. The highest BCUT2D eigenvalue weighted by molar-refractivity contribution is 6.32. The highest BCUT2D eigenvalue weighted by Crippen LogP contribution is 2.25. The second-order valence-corrected chi connectivity index (χ2v) is 4.72. The van der Waals surface area contributed by atoms with Crippen molar-refractivity contribution in [3.8, 4) is 5.69 Å². The van der Waals surface area contributed by atoms with Crippen LogP contribution in [0.4, 0.5) is 5.69 Å². The summed E-state index contributed by atoms with van der Waals surface area (Å²) in [4.78, 5) is 10.4. The highest BCUT2D eigenvalue weighted by Gasteiger charge is 2.12. The maximum absolute atomic E-state index is 10.8. The molecule has 112 valence electrons. The lowest BCUT2D eigenvalue weighted by atomic mass is 10.3. The molecule has 0 atom stereocenters. The summed E-state index contributed by atoms with van der Waals surface area (Å²) < 4.78 is 6.47. The van der Waals surface area contributed by atoms with Crippen LogP contribution in [0.5, 0.6) is 0 Å². The zero-order chi connectivity index (χ0) is 15.2. The van der Waals surface area contributed by atoms with Gasteiger partial charge in [0.15, 0.2) is 0 Å². The molecule has 1 heterocycles. The molecule has 2 rings (SSSR count). The Morgan fingerprint density at radius 2 is 2.29 bits per heavy atom. The molecule has 0 saturated carbocycles. The Morgan fingerprint density at radius 3 is 3.00 bits per heavy atom. The summed E-state index contributed by atoms with van der Waals surface area (Å²) >= 11 is 6.07. The van der Waals surface area contributed by atoms with Crippen molar-refractivity contribution in [3.05, 3.63) is 51.3 Å². The van der Waals surface area contributed by atoms with Crippen LogP contribution in [0, 0.1) is 10.1 Å². The lowest BCUT2D eigenvalue weighted by molar-refractivity contribution is -0.384. The molecule has 0 bridgehead atoms. The number of hydrogen-bond donors (Lipinski definition) is 1. The molecule has 1 N–H and O–H groups in total. The van der Waals surface area contributed by atoms with Crippen LogP contribution in [0.25, 0.3) is 5.69 Å². The first-order valence-corrected chi connectivity index (χ1v) is 6.68. The average Bonchev–Trinajstić information content (AvgIpc) is 2.92. The molecule has 7 nitrogen and oxygen atoms in total. The number of hydrogen-bond acceptors (Lipinski definition) is 5. The zero-order valence-corrected chi connectivity index (χ0v) is 12.2. The Bertz CT molecular complexity index is 630. The second-order valence-electron chi connectivity index (χ2n) is 4.31. The number of halogens is 1. The van der Waals surface area contributed by atoms with Gasteiger partial charge in [-0.1, -0.05) is 11.6 Å². The van der Waals surface area contributed by atoms with E-state index in [0.29, 0.717) is 23.9 Å². The first-order valence-electron chi connectivity index (χ1n) is 6.30. The molecule has 0 fully saturated rings. The highest BCUT2D eigenvalue weighted by atomic mass is 35.5. The van der Waals surface area contributed by atoms with Crippen molar-refractivity contribution < 1.29 is 9.66 Å². The number of methoxy groups -OCH3 is 1. The van der Waals surface area contributed by atoms with E-state index >= 15 is 0 Å². The number of nitro groups is 1. The molecule has 1 aromatic heterocycles. The maximum atomic E-state index is 10.8. The van der Waals surface area contributed by atoms with E-state index in [0.717, 1.165) is 12.2 Å². The lowest BCUT2D eigenvalue weighted by Gasteiger charge is -2.04. The van der Waals surface area contributed by atoms with Gasteiger partial charge in [-0.25, -0.2) is 4.68 Å². The predicted octanol–water partition coefficient (Wildman–Crippen LogP) is 2.17. The molecule has 21 heavy (non-hydrogen) atoms. The Balaban J connectivity index is 2.13. The van der Waals surface area contributed by atoms with Gasteiger partial charge >= 0.3 is 0 Å². The minimum absolute atomic E-state index is 0.0235. The van der Waals surface area contributed by atoms with Crippen molar-refractivity contribution in [2.45, 2.75) is 6.54 Å². The molecule has 8 heteroatoms. The molecule has 2 aromatic rings. The van der Waals surface area contributed by atoms with E-state index in [2.05, 4.69) is 10.4 Å². The third kappa shape index (κ3) is 4.01. The van der Waals surface area contributed by atoms with E-state index in [1.165, 1.54) is 22.9 Å². The van der Waals surface area contributed by atoms with Gasteiger partial charge in [0, 0.05) is 38.5 Å². The smallest absolute Gasteiger partial charge is 0.271 e. The summed E-state index contributed by atoms with van der Waals surface area (Å²) in [6.45, 7) is 1.93. The fraction of sp³-hybridized carbons (Fsp3) is 0.308. The van der Waals surface area contributed by atoms with Crippen molar-refractivity contribution in [1.82, 2.24) is 15.1 Å². The van der Waals surface area contributed by atoms with Gasteiger partial charge in [-0.2, -0.15) is 5.10 Å². The summed E-state index contributed by atoms with van der Waals surface area (Å²) in [5, 5.41) is 18.7. The molecule has 0 amide bonds. The summed E-state index contributed by atoms with van der Waals surface area (Å²) in [6, 6.07) is 6.09. The number of nitrogens with one attached hydrogen (secondary N) is 1. The molecular formula is C13H15ClN4O3. The minimum atomic E-state index is -0.462. The van der Waals surface area contributed by atoms with Crippen LogP contribution >= 0.6 is 11.6 Å². The van der Waals surface area contributed by atoms with E-state index in [4.69, 9.17) is 16.3 Å². The minimum Gasteiger partial charge on any atom is -0.383 e. The summed E-state index contributed by atoms with van der Waals surface area (Å²) in [5.41, 5.74) is 1.27. The third-order valence-electron chi connectivity index (χ3n) is 2.82. The molecule has 0 aliphatic rings. The SMILES string of the molecule is COCCNCc1ccn(-c2cc([N+](=O)[O-])ccc2Cl)n1. The first kappa shape index (κ1) is 15.4. The van der Waals surface area contributed by atoms with Crippen molar-refractivity contribution >= 4 is 17.3 Å². The van der Waals surface area contributed by atoms with E-state index in [1.807, 2.05) is 6.07 Å². The summed E-state index contributed by atoms with van der Waals surface area (Å²) in [6.07, 6.45) is 1.72. The van der Waals surface area contributed by atoms with Gasteiger partial charge in [0.2, 0.25) is 0 Å². The van der Waals surface area contributed by atoms with Crippen LogP contribution in [0.1, 0.15) is 5.69 Å². The monoisotopic (exact) mass is 310 g/mol. The number of aromatic nitrogens is 2. The molecule has 0 aliphatic heterocycles. The fourth-order valence-electron chi connectivity index (χ4n) is 1.77. The number of ether oxygens (including phenoxy) is 1. The van der Waals surface area contributed by atoms with Crippen LogP contribution < -0.4 is 5.32 Å². The zero-order valence-electron chi connectivity index (χ0n) is 11.5. The van der Waals surface area contributed by atoms with Gasteiger partial charge in [-0.15, -0.1) is 0 Å².